The van der Waals surface area contributed by atoms with Crippen LogP contribution in [0, 0.1) is 0 Å². The number of carbonyl (C=O) groups excluding carboxylic acids is 1. The van der Waals surface area contributed by atoms with Crippen LogP contribution in [-0.2, 0) is 21.2 Å². The van der Waals surface area contributed by atoms with Crippen molar-refractivity contribution in [2.45, 2.75) is 18.2 Å². The Balaban J connectivity index is 2.60. The lowest BCUT2D eigenvalue weighted by atomic mass is 10.1. The van der Waals surface area contributed by atoms with Gasteiger partial charge in [0.15, 0.2) is 0 Å². The minimum absolute atomic E-state index is 0.0147. The molecule has 1 heterocycles. The Kier molecular flexibility index (Phi) is 2.59. The second kappa shape index (κ2) is 3.71. The number of rotatable bonds is 1. The normalized spacial score (nSPS) is 14.8. The van der Waals surface area contributed by atoms with Crippen molar-refractivity contribution in [2.75, 3.05) is 17.2 Å². The van der Waals surface area contributed by atoms with Gasteiger partial charge in [-0.1, -0.05) is 0 Å². The number of carbonyl (C=O) groups is 1. The van der Waals surface area contributed by atoms with Gasteiger partial charge in [0.25, 0.3) is 0 Å². The van der Waals surface area contributed by atoms with Gasteiger partial charge in [-0.25, -0.2) is 13.6 Å². The molecule has 0 saturated heterocycles. The molecule has 1 amide bonds. The molecule has 92 valence electrons. The molecule has 0 bridgehead atoms. The van der Waals surface area contributed by atoms with Crippen LogP contribution < -0.4 is 15.8 Å². The summed E-state index contributed by atoms with van der Waals surface area (Å²) in [5.74, 6) is -0.112. The third-order valence-electron chi connectivity index (χ3n) is 2.78. The van der Waals surface area contributed by atoms with Gasteiger partial charge in [0.2, 0.25) is 15.9 Å². The highest BCUT2D eigenvalue weighted by molar-refractivity contribution is 7.89. The van der Waals surface area contributed by atoms with E-state index in [1.807, 2.05) is 0 Å². The number of hydrogen-bond acceptors (Lipinski definition) is 4. The first kappa shape index (κ1) is 11.9. The fourth-order valence-corrected chi connectivity index (χ4v) is 2.63. The van der Waals surface area contributed by atoms with Crippen molar-refractivity contribution in [2.24, 2.45) is 5.14 Å². The van der Waals surface area contributed by atoms with Crippen LogP contribution >= 0.6 is 0 Å². The molecule has 4 N–H and O–H groups in total. The molecule has 1 aromatic rings. The van der Waals surface area contributed by atoms with Crippen molar-refractivity contribution in [1.82, 2.24) is 0 Å². The molecule has 0 aromatic heterocycles. The standard InChI is InChI=1S/C10H13N3O3S/c1-6(14)13-3-2-7-4-8(17(12,15)16)5-9(11)10(7)13/h4-5H,2-3,11H2,1H3,(H2,12,15,16). The first-order valence-corrected chi connectivity index (χ1v) is 6.58. The van der Waals surface area contributed by atoms with Crippen LogP contribution in [-0.4, -0.2) is 20.9 Å². The summed E-state index contributed by atoms with van der Waals surface area (Å²) in [5.41, 5.74) is 7.39. The van der Waals surface area contributed by atoms with Gasteiger partial charge in [-0.2, -0.15) is 0 Å². The largest absolute Gasteiger partial charge is 0.397 e. The van der Waals surface area contributed by atoms with Gasteiger partial charge in [0.05, 0.1) is 16.3 Å². The fraction of sp³-hybridized carbons (Fsp3) is 0.300. The molecule has 0 aliphatic carbocycles. The average Bonchev–Trinajstić information content (AvgIpc) is 2.60. The molecule has 0 saturated carbocycles. The maximum atomic E-state index is 11.4. The number of fused-ring (bicyclic) bond motifs is 1. The number of nitrogens with zero attached hydrogens (tertiary/aromatic N) is 1. The van der Waals surface area contributed by atoms with Crippen LogP contribution in [0.15, 0.2) is 17.0 Å². The van der Waals surface area contributed by atoms with Crippen LogP contribution in [0.2, 0.25) is 0 Å². The highest BCUT2D eigenvalue weighted by Gasteiger charge is 2.26. The molecule has 0 fully saturated rings. The van der Waals surface area contributed by atoms with E-state index in [9.17, 15) is 13.2 Å². The van der Waals surface area contributed by atoms with E-state index in [1.165, 1.54) is 24.0 Å². The molecule has 0 atom stereocenters. The minimum Gasteiger partial charge on any atom is -0.397 e. The number of nitrogens with two attached hydrogens (primary N) is 2. The van der Waals surface area contributed by atoms with Crippen LogP contribution in [0.25, 0.3) is 0 Å². The lowest BCUT2D eigenvalue weighted by molar-refractivity contribution is -0.116. The number of amides is 1. The SMILES string of the molecule is CC(=O)N1CCc2cc(S(N)(=O)=O)cc(N)c21. The number of benzene rings is 1. The van der Waals surface area contributed by atoms with Gasteiger partial charge < -0.3 is 10.6 Å². The Morgan fingerprint density at radius 1 is 1.41 bits per heavy atom. The average molecular weight is 255 g/mol. The zero-order valence-corrected chi connectivity index (χ0v) is 10.1. The van der Waals surface area contributed by atoms with Crippen LogP contribution in [0.3, 0.4) is 0 Å². The first-order chi connectivity index (χ1) is 7.80. The molecule has 2 rings (SSSR count). The Morgan fingerprint density at radius 3 is 2.59 bits per heavy atom. The summed E-state index contributed by atoms with van der Waals surface area (Å²) in [6.07, 6.45) is 0.586. The second-order valence-electron chi connectivity index (χ2n) is 3.99. The van der Waals surface area contributed by atoms with Gasteiger partial charge in [-0.15, -0.1) is 0 Å². The molecule has 1 aliphatic rings. The first-order valence-electron chi connectivity index (χ1n) is 5.04. The van der Waals surface area contributed by atoms with E-state index in [-0.39, 0.29) is 16.5 Å². The van der Waals surface area contributed by atoms with Crippen molar-refractivity contribution < 1.29 is 13.2 Å². The molecule has 0 unspecified atom stereocenters. The Morgan fingerprint density at radius 2 is 2.06 bits per heavy atom. The monoisotopic (exact) mass is 255 g/mol. The highest BCUT2D eigenvalue weighted by atomic mass is 32.2. The maximum Gasteiger partial charge on any atom is 0.238 e. The van der Waals surface area contributed by atoms with Crippen molar-refractivity contribution in [3.63, 3.8) is 0 Å². The van der Waals surface area contributed by atoms with Gasteiger partial charge in [0, 0.05) is 13.5 Å². The molecular weight excluding hydrogens is 242 g/mol. The third kappa shape index (κ3) is 1.98. The summed E-state index contributed by atoms with van der Waals surface area (Å²) in [5, 5.41) is 5.05. The van der Waals surface area contributed by atoms with E-state index in [1.54, 1.807) is 0 Å². The number of hydrogen-bond donors (Lipinski definition) is 2. The third-order valence-corrected chi connectivity index (χ3v) is 3.67. The van der Waals surface area contributed by atoms with Crippen molar-refractivity contribution in [3.8, 4) is 0 Å². The predicted molar refractivity (Wildman–Crippen MR) is 64.0 cm³/mol. The second-order valence-corrected chi connectivity index (χ2v) is 5.55. The quantitative estimate of drug-likeness (QED) is 0.679. The molecule has 1 aliphatic heterocycles. The summed E-state index contributed by atoms with van der Waals surface area (Å²) >= 11 is 0. The smallest absolute Gasteiger partial charge is 0.238 e. The van der Waals surface area contributed by atoms with Crippen molar-refractivity contribution in [1.29, 1.82) is 0 Å². The van der Waals surface area contributed by atoms with Crippen LogP contribution in [0.4, 0.5) is 11.4 Å². The molecular formula is C10H13N3O3S. The van der Waals surface area contributed by atoms with Crippen molar-refractivity contribution >= 4 is 27.3 Å². The van der Waals surface area contributed by atoms with Gasteiger partial charge in [-0.05, 0) is 24.1 Å². The lowest BCUT2D eigenvalue weighted by Crippen LogP contribution is -2.26. The fourth-order valence-electron chi connectivity index (χ4n) is 2.03. The zero-order chi connectivity index (χ0) is 12.8. The molecule has 0 spiro atoms. The molecule has 7 heteroatoms. The summed E-state index contributed by atoms with van der Waals surface area (Å²) in [6.45, 7) is 1.96. The summed E-state index contributed by atoms with van der Waals surface area (Å²) < 4.78 is 22.5. The van der Waals surface area contributed by atoms with Gasteiger partial charge in [-0.3, -0.25) is 4.79 Å². The van der Waals surface area contributed by atoms with Crippen molar-refractivity contribution in [3.05, 3.63) is 17.7 Å². The van der Waals surface area contributed by atoms with Crippen LogP contribution in [0.5, 0.6) is 0 Å². The molecule has 1 aromatic carbocycles. The van der Waals surface area contributed by atoms with Gasteiger partial charge >= 0.3 is 0 Å². The Labute approximate surface area is 99.2 Å². The predicted octanol–water partition coefficient (Wildman–Crippen LogP) is -0.175. The summed E-state index contributed by atoms with van der Waals surface area (Å²) in [7, 11) is -3.77. The molecule has 6 nitrogen and oxygen atoms in total. The number of nitrogen functional groups attached to an aromatic ring is 1. The van der Waals surface area contributed by atoms with E-state index in [2.05, 4.69) is 0 Å². The van der Waals surface area contributed by atoms with Crippen LogP contribution in [0.1, 0.15) is 12.5 Å². The van der Waals surface area contributed by atoms with E-state index < -0.39 is 10.0 Å². The zero-order valence-electron chi connectivity index (χ0n) is 9.30. The molecule has 17 heavy (non-hydrogen) atoms. The highest BCUT2D eigenvalue weighted by Crippen LogP contribution is 2.35. The topological polar surface area (TPSA) is 106 Å². The van der Waals surface area contributed by atoms with E-state index >= 15 is 0 Å². The number of sulfonamides is 1. The number of primary sulfonamides is 1. The summed E-state index contributed by atoms with van der Waals surface area (Å²) in [4.78, 5) is 12.9. The van der Waals surface area contributed by atoms with E-state index in [0.717, 1.165) is 5.56 Å². The maximum absolute atomic E-state index is 11.4. The van der Waals surface area contributed by atoms with Gasteiger partial charge in [0.1, 0.15) is 0 Å². The Hall–Kier alpha value is -1.60. The Bertz CT molecular complexity index is 595. The summed E-state index contributed by atoms with van der Waals surface area (Å²) in [6, 6.07) is 2.76. The molecule has 0 radical (unpaired) electrons. The minimum atomic E-state index is -3.77. The number of anilines is 2. The van der Waals surface area contributed by atoms with E-state index in [4.69, 9.17) is 10.9 Å². The lowest BCUT2D eigenvalue weighted by Gasteiger charge is -2.17. The van der Waals surface area contributed by atoms with E-state index in [0.29, 0.717) is 18.7 Å².